The summed E-state index contributed by atoms with van der Waals surface area (Å²) in [5, 5.41) is 7.46. The molecule has 6 nitrogen and oxygen atoms in total. The lowest BCUT2D eigenvalue weighted by Crippen LogP contribution is -2.10. The van der Waals surface area contributed by atoms with Crippen LogP contribution in [0.15, 0.2) is 29.4 Å². The van der Waals surface area contributed by atoms with Crippen LogP contribution in [0.4, 0.5) is 0 Å². The van der Waals surface area contributed by atoms with Gasteiger partial charge >= 0.3 is 0 Å². The maximum Gasteiger partial charge on any atom is 0.296 e. The Morgan fingerprint density at radius 1 is 1.33 bits per heavy atom. The number of ether oxygens (including phenoxy) is 1. The third-order valence-electron chi connectivity index (χ3n) is 2.96. The van der Waals surface area contributed by atoms with E-state index in [4.69, 9.17) is 15.4 Å². The summed E-state index contributed by atoms with van der Waals surface area (Å²) in [7, 11) is 3.08. The van der Waals surface area contributed by atoms with Crippen LogP contribution >= 0.6 is 10.7 Å². The number of nitrogens with zero attached hydrogens (tertiary/aromatic N) is 3. The van der Waals surface area contributed by atoms with Crippen molar-refractivity contribution in [1.29, 1.82) is 0 Å². The number of methoxy groups -OCH3 is 1. The molecule has 8 heteroatoms. The van der Waals surface area contributed by atoms with Crippen molar-refractivity contribution >= 4 is 19.7 Å². The lowest BCUT2D eigenvalue weighted by Gasteiger charge is -2.08. The summed E-state index contributed by atoms with van der Waals surface area (Å²) in [5.74, 6) is 1.29. The summed E-state index contributed by atoms with van der Waals surface area (Å²) in [5.41, 5.74) is 0.956. The Bertz CT molecular complexity index is 728. The second kappa shape index (κ2) is 6.44. The average Bonchev–Trinajstić information content (AvgIpc) is 2.82. The highest BCUT2D eigenvalue weighted by Gasteiger charge is 2.22. The van der Waals surface area contributed by atoms with Crippen LogP contribution in [-0.2, 0) is 22.0 Å². The monoisotopic (exact) mass is 329 g/mol. The molecule has 0 N–H and O–H groups in total. The van der Waals surface area contributed by atoms with Crippen LogP contribution in [0.5, 0.6) is 5.75 Å². The van der Waals surface area contributed by atoms with Gasteiger partial charge in [0, 0.05) is 23.6 Å². The zero-order valence-corrected chi connectivity index (χ0v) is 13.4. The van der Waals surface area contributed by atoms with Crippen LogP contribution in [0.2, 0.25) is 0 Å². The van der Waals surface area contributed by atoms with E-state index >= 15 is 0 Å². The van der Waals surface area contributed by atoms with Crippen molar-refractivity contribution in [1.82, 2.24) is 14.8 Å². The summed E-state index contributed by atoms with van der Waals surface area (Å²) in [4.78, 5) is 0. The van der Waals surface area contributed by atoms with E-state index in [9.17, 15) is 8.42 Å². The highest BCUT2D eigenvalue weighted by Crippen LogP contribution is 2.19. The molecule has 0 fully saturated rings. The summed E-state index contributed by atoms with van der Waals surface area (Å²) >= 11 is 0. The maximum atomic E-state index is 11.5. The fourth-order valence-corrected chi connectivity index (χ4v) is 2.98. The Kier molecular flexibility index (Phi) is 4.84. The van der Waals surface area contributed by atoms with Crippen LogP contribution in [0.25, 0.3) is 0 Å². The van der Waals surface area contributed by atoms with Gasteiger partial charge in [0.1, 0.15) is 11.6 Å². The molecular formula is C13H16ClN3O3S. The molecule has 0 aliphatic rings. The number of hydrogen-bond acceptors (Lipinski definition) is 5. The molecule has 0 aliphatic carbocycles. The molecule has 2 rings (SSSR count). The number of rotatable bonds is 6. The highest BCUT2D eigenvalue weighted by molar-refractivity contribution is 8.13. The summed E-state index contributed by atoms with van der Waals surface area (Å²) in [6.45, 7) is 2.44. The molecule has 1 aromatic heterocycles. The third kappa shape index (κ3) is 3.74. The Labute approximate surface area is 128 Å². The molecule has 2 aromatic rings. The van der Waals surface area contributed by atoms with Gasteiger partial charge in [-0.15, -0.1) is 10.2 Å². The zero-order chi connectivity index (χ0) is 15.5. The van der Waals surface area contributed by atoms with Crippen molar-refractivity contribution in [3.8, 4) is 5.75 Å². The Balaban J connectivity index is 2.37. The first-order chi connectivity index (χ1) is 9.95. The predicted octanol–water partition coefficient (Wildman–Crippen LogP) is 2.21. The van der Waals surface area contributed by atoms with Crippen molar-refractivity contribution in [2.45, 2.75) is 31.5 Å². The topological polar surface area (TPSA) is 74.1 Å². The molecule has 0 amide bonds. The average molecular weight is 330 g/mol. The fraction of sp³-hybridized carbons (Fsp3) is 0.385. The molecule has 0 bridgehead atoms. The summed E-state index contributed by atoms with van der Waals surface area (Å²) < 4.78 is 29.7. The quantitative estimate of drug-likeness (QED) is 0.760. The first kappa shape index (κ1) is 15.8. The molecule has 0 unspecified atom stereocenters. The molecule has 0 saturated heterocycles. The van der Waals surface area contributed by atoms with E-state index in [0.29, 0.717) is 18.8 Å². The SMILES string of the molecule is CCCn1c(Cc2cccc(OC)c2)nnc1S(=O)(=O)Cl. The third-order valence-corrected chi connectivity index (χ3v) is 4.11. The lowest BCUT2D eigenvalue weighted by atomic mass is 10.1. The number of benzene rings is 1. The molecular weight excluding hydrogens is 314 g/mol. The van der Waals surface area contributed by atoms with E-state index in [2.05, 4.69) is 10.2 Å². The van der Waals surface area contributed by atoms with Crippen molar-refractivity contribution in [3.05, 3.63) is 35.7 Å². The number of hydrogen-bond donors (Lipinski definition) is 0. The van der Waals surface area contributed by atoms with Gasteiger partial charge in [-0.1, -0.05) is 19.1 Å². The largest absolute Gasteiger partial charge is 0.497 e. The Morgan fingerprint density at radius 3 is 2.71 bits per heavy atom. The van der Waals surface area contributed by atoms with Gasteiger partial charge in [0.25, 0.3) is 14.2 Å². The number of halogens is 1. The zero-order valence-electron chi connectivity index (χ0n) is 11.8. The Hall–Kier alpha value is -1.60. The van der Waals surface area contributed by atoms with E-state index < -0.39 is 9.05 Å². The van der Waals surface area contributed by atoms with Gasteiger partial charge in [-0.2, -0.15) is 0 Å². The number of aromatic nitrogens is 3. The van der Waals surface area contributed by atoms with Gasteiger partial charge in [0.15, 0.2) is 0 Å². The van der Waals surface area contributed by atoms with E-state index in [1.54, 1.807) is 11.7 Å². The minimum atomic E-state index is -3.90. The van der Waals surface area contributed by atoms with Crippen LogP contribution in [-0.4, -0.2) is 30.3 Å². The molecule has 0 saturated carbocycles. The predicted molar refractivity (Wildman–Crippen MR) is 79.2 cm³/mol. The van der Waals surface area contributed by atoms with Gasteiger partial charge in [0.05, 0.1) is 7.11 Å². The molecule has 21 heavy (non-hydrogen) atoms. The summed E-state index contributed by atoms with van der Waals surface area (Å²) in [6.07, 6.45) is 1.21. The van der Waals surface area contributed by atoms with Gasteiger partial charge in [-0.25, -0.2) is 8.42 Å². The van der Waals surface area contributed by atoms with Crippen LogP contribution in [0.1, 0.15) is 24.7 Å². The van der Waals surface area contributed by atoms with Crippen molar-refractivity contribution in [3.63, 3.8) is 0 Å². The molecule has 0 radical (unpaired) electrons. The molecule has 1 heterocycles. The van der Waals surface area contributed by atoms with Crippen LogP contribution in [0.3, 0.4) is 0 Å². The van der Waals surface area contributed by atoms with E-state index in [1.807, 2.05) is 31.2 Å². The molecule has 0 spiro atoms. The van der Waals surface area contributed by atoms with Crippen LogP contribution < -0.4 is 4.74 Å². The second-order valence-electron chi connectivity index (χ2n) is 4.52. The van der Waals surface area contributed by atoms with E-state index in [1.165, 1.54) is 0 Å². The summed E-state index contributed by atoms with van der Waals surface area (Å²) in [6, 6.07) is 7.50. The minimum absolute atomic E-state index is 0.205. The van der Waals surface area contributed by atoms with Gasteiger partial charge < -0.3 is 9.30 Å². The van der Waals surface area contributed by atoms with E-state index in [0.717, 1.165) is 17.7 Å². The molecule has 114 valence electrons. The minimum Gasteiger partial charge on any atom is -0.497 e. The van der Waals surface area contributed by atoms with Gasteiger partial charge in [0.2, 0.25) is 0 Å². The van der Waals surface area contributed by atoms with Crippen LogP contribution in [0, 0.1) is 0 Å². The first-order valence-electron chi connectivity index (χ1n) is 6.45. The van der Waals surface area contributed by atoms with Gasteiger partial charge in [-0.05, 0) is 24.1 Å². The van der Waals surface area contributed by atoms with Gasteiger partial charge in [-0.3, -0.25) is 0 Å². The standard InChI is InChI=1S/C13H16ClN3O3S/c1-3-7-17-12(15-16-13(17)21(14,18)19)9-10-5-4-6-11(8-10)20-2/h4-6,8H,3,7,9H2,1-2H3. The molecule has 1 aromatic carbocycles. The van der Waals surface area contributed by atoms with Crippen molar-refractivity contribution in [2.24, 2.45) is 0 Å². The Morgan fingerprint density at radius 2 is 2.10 bits per heavy atom. The smallest absolute Gasteiger partial charge is 0.296 e. The highest BCUT2D eigenvalue weighted by atomic mass is 35.7. The second-order valence-corrected chi connectivity index (χ2v) is 6.98. The molecule has 0 aliphatic heterocycles. The van der Waals surface area contributed by atoms with Crippen molar-refractivity contribution < 1.29 is 13.2 Å². The van der Waals surface area contributed by atoms with Crippen molar-refractivity contribution in [2.75, 3.05) is 7.11 Å². The first-order valence-corrected chi connectivity index (χ1v) is 8.76. The maximum absolute atomic E-state index is 11.5. The normalized spacial score (nSPS) is 11.6. The van der Waals surface area contributed by atoms with E-state index in [-0.39, 0.29) is 5.16 Å². The lowest BCUT2D eigenvalue weighted by molar-refractivity contribution is 0.414. The molecule has 0 atom stereocenters. The fourth-order valence-electron chi connectivity index (χ4n) is 2.04.